The van der Waals surface area contributed by atoms with E-state index in [4.69, 9.17) is 13.9 Å². The fraction of sp³-hybridized carbons (Fsp3) is 0.571. The highest BCUT2D eigenvalue weighted by Gasteiger charge is 2.50. The number of unbranched alkanes of at least 4 members (excludes halogenated alkanes) is 1. The molecule has 2 fully saturated rings. The van der Waals surface area contributed by atoms with E-state index >= 15 is 0 Å². The lowest BCUT2D eigenvalue weighted by Crippen LogP contribution is -2.66. The number of hydrogen-bond donors (Lipinski definition) is 0. The van der Waals surface area contributed by atoms with Crippen LogP contribution >= 0.6 is 0 Å². The monoisotopic (exact) mass is 452 g/mol. The van der Waals surface area contributed by atoms with Crippen LogP contribution in [0.25, 0.3) is 0 Å². The maximum Gasteiger partial charge on any atom is 0.261 e. The molecule has 1 spiro atoms. The summed E-state index contributed by atoms with van der Waals surface area (Å²) in [6.07, 6.45) is 9.41. The first kappa shape index (κ1) is 23.7. The molecule has 0 amide bonds. The Hall–Kier alpha value is -1.46. The van der Waals surface area contributed by atoms with Crippen LogP contribution in [0, 0.1) is 0 Å². The van der Waals surface area contributed by atoms with E-state index in [0.717, 1.165) is 45.3 Å². The Kier molecular flexibility index (Phi) is 7.56. The van der Waals surface area contributed by atoms with Crippen LogP contribution in [0.3, 0.4) is 0 Å². The molecule has 1 aliphatic carbocycles. The van der Waals surface area contributed by atoms with E-state index in [9.17, 15) is 0 Å². The molecule has 0 radical (unpaired) electrons. The van der Waals surface area contributed by atoms with Crippen LogP contribution in [-0.2, 0) is 13.9 Å². The Balaban J connectivity index is 1.39. The Bertz CT molecular complexity index is 785. The van der Waals surface area contributed by atoms with Gasteiger partial charge in [-0.05, 0) is 47.5 Å². The molecule has 2 aromatic carbocycles. The number of benzene rings is 2. The van der Waals surface area contributed by atoms with Gasteiger partial charge in [-0.25, -0.2) is 0 Å². The molecule has 1 atom stereocenters. The third-order valence-corrected chi connectivity index (χ3v) is 12.2. The maximum absolute atomic E-state index is 7.01. The highest BCUT2D eigenvalue weighted by molar-refractivity contribution is 6.99. The standard InChI is InChI=1S/C28H40O3Si/c1-27(2,3)32(25-16-7-4-8-17-25,26-18-9-5-10-19-26)30-22-14-11-15-24-23-29-28(31-24)20-12-6-13-21-28/h4-5,7-10,16-19,24H,6,11-15,20-23H2,1-3H3. The third kappa shape index (κ3) is 5.04. The Morgan fingerprint density at radius 2 is 1.47 bits per heavy atom. The van der Waals surface area contributed by atoms with Crippen LogP contribution in [0.2, 0.25) is 5.04 Å². The van der Waals surface area contributed by atoms with Crippen molar-refractivity contribution >= 4 is 18.7 Å². The van der Waals surface area contributed by atoms with Gasteiger partial charge < -0.3 is 13.9 Å². The highest BCUT2D eigenvalue weighted by Crippen LogP contribution is 2.39. The minimum Gasteiger partial charge on any atom is -0.407 e. The van der Waals surface area contributed by atoms with Crippen LogP contribution < -0.4 is 10.4 Å². The van der Waals surface area contributed by atoms with Crippen LogP contribution in [0.5, 0.6) is 0 Å². The molecule has 2 aliphatic rings. The maximum atomic E-state index is 7.01. The van der Waals surface area contributed by atoms with E-state index in [1.54, 1.807) is 0 Å². The average molecular weight is 453 g/mol. The summed E-state index contributed by atoms with van der Waals surface area (Å²) in [5, 5.41) is 2.74. The van der Waals surface area contributed by atoms with E-state index in [2.05, 4.69) is 81.4 Å². The van der Waals surface area contributed by atoms with E-state index in [1.165, 1.54) is 29.6 Å². The van der Waals surface area contributed by atoms with Crippen LogP contribution in [0.15, 0.2) is 60.7 Å². The smallest absolute Gasteiger partial charge is 0.261 e. The zero-order chi connectivity index (χ0) is 22.5. The second-order valence-electron chi connectivity index (χ2n) is 10.5. The first-order chi connectivity index (χ1) is 15.5. The molecule has 0 aromatic heterocycles. The summed E-state index contributed by atoms with van der Waals surface area (Å²) >= 11 is 0. The summed E-state index contributed by atoms with van der Waals surface area (Å²) in [5.41, 5.74) is 0. The SMILES string of the molecule is CC(C)(C)[Si](OCCCCC1COC2(CCCCC2)O1)(c1ccccc1)c1ccccc1. The van der Waals surface area contributed by atoms with Gasteiger partial charge in [0, 0.05) is 19.4 Å². The van der Waals surface area contributed by atoms with Gasteiger partial charge in [-0.15, -0.1) is 0 Å². The van der Waals surface area contributed by atoms with Gasteiger partial charge in [0.25, 0.3) is 8.32 Å². The van der Waals surface area contributed by atoms with Crippen molar-refractivity contribution in [3.63, 3.8) is 0 Å². The molecular formula is C28H40O3Si. The van der Waals surface area contributed by atoms with Crippen LogP contribution in [0.1, 0.15) is 72.1 Å². The molecule has 1 saturated heterocycles. The Morgan fingerprint density at radius 3 is 2.03 bits per heavy atom. The molecule has 4 heteroatoms. The Labute approximate surface area is 195 Å². The van der Waals surface area contributed by atoms with Crippen molar-refractivity contribution in [1.29, 1.82) is 0 Å². The van der Waals surface area contributed by atoms with Crippen molar-refractivity contribution in [3.05, 3.63) is 60.7 Å². The molecule has 2 aromatic rings. The van der Waals surface area contributed by atoms with E-state index in [1.807, 2.05) is 0 Å². The lowest BCUT2D eigenvalue weighted by Gasteiger charge is -2.43. The van der Waals surface area contributed by atoms with Gasteiger partial charge >= 0.3 is 0 Å². The first-order valence-electron chi connectivity index (χ1n) is 12.5. The van der Waals surface area contributed by atoms with Gasteiger partial charge in [0.05, 0.1) is 12.7 Å². The van der Waals surface area contributed by atoms with Gasteiger partial charge in [0.15, 0.2) is 5.79 Å². The molecular weight excluding hydrogens is 412 g/mol. The molecule has 1 heterocycles. The molecule has 174 valence electrons. The van der Waals surface area contributed by atoms with E-state index in [-0.39, 0.29) is 16.9 Å². The minimum absolute atomic E-state index is 0.0332. The average Bonchev–Trinajstić information content (AvgIpc) is 3.19. The van der Waals surface area contributed by atoms with Crippen molar-refractivity contribution in [2.45, 2.75) is 89.1 Å². The van der Waals surface area contributed by atoms with Crippen molar-refractivity contribution in [2.75, 3.05) is 13.2 Å². The number of ether oxygens (including phenoxy) is 2. The lowest BCUT2D eigenvalue weighted by atomic mass is 9.94. The zero-order valence-corrected chi connectivity index (χ0v) is 21.1. The summed E-state index contributed by atoms with van der Waals surface area (Å²) in [6.45, 7) is 8.56. The predicted octanol–water partition coefficient (Wildman–Crippen LogP) is 5.81. The second kappa shape index (κ2) is 10.2. The minimum atomic E-state index is -2.42. The van der Waals surface area contributed by atoms with Crippen LogP contribution in [0.4, 0.5) is 0 Å². The van der Waals surface area contributed by atoms with E-state index in [0.29, 0.717) is 0 Å². The molecule has 32 heavy (non-hydrogen) atoms. The van der Waals surface area contributed by atoms with Gasteiger partial charge in [0.2, 0.25) is 0 Å². The molecule has 0 N–H and O–H groups in total. The van der Waals surface area contributed by atoms with Gasteiger partial charge in [0.1, 0.15) is 0 Å². The lowest BCUT2D eigenvalue weighted by molar-refractivity contribution is -0.187. The van der Waals surface area contributed by atoms with Gasteiger partial charge in [-0.1, -0.05) is 87.9 Å². The quantitative estimate of drug-likeness (QED) is 0.374. The zero-order valence-electron chi connectivity index (χ0n) is 20.1. The van der Waals surface area contributed by atoms with E-state index < -0.39 is 8.32 Å². The largest absolute Gasteiger partial charge is 0.407 e. The summed E-state index contributed by atoms with van der Waals surface area (Å²) in [7, 11) is -2.42. The fourth-order valence-corrected chi connectivity index (χ4v) is 10.2. The molecule has 1 saturated carbocycles. The predicted molar refractivity (Wildman–Crippen MR) is 134 cm³/mol. The fourth-order valence-electron chi connectivity index (χ4n) is 5.57. The van der Waals surface area contributed by atoms with Crippen molar-refractivity contribution < 1.29 is 13.9 Å². The summed E-state index contributed by atoms with van der Waals surface area (Å²) in [4.78, 5) is 0. The van der Waals surface area contributed by atoms with Crippen LogP contribution in [-0.4, -0.2) is 33.4 Å². The third-order valence-electron chi connectivity index (χ3n) is 7.18. The highest BCUT2D eigenvalue weighted by atomic mass is 28.4. The van der Waals surface area contributed by atoms with Gasteiger partial charge in [-0.3, -0.25) is 0 Å². The summed E-state index contributed by atoms with van der Waals surface area (Å²) in [6, 6.07) is 21.8. The first-order valence-corrected chi connectivity index (χ1v) is 14.4. The van der Waals surface area contributed by atoms with Crippen molar-refractivity contribution in [2.24, 2.45) is 0 Å². The normalized spacial score (nSPS) is 21.2. The van der Waals surface area contributed by atoms with Gasteiger partial charge in [-0.2, -0.15) is 0 Å². The second-order valence-corrected chi connectivity index (χ2v) is 14.8. The summed E-state index contributed by atoms with van der Waals surface area (Å²) < 4.78 is 19.5. The molecule has 4 rings (SSSR count). The molecule has 1 unspecified atom stereocenters. The molecule has 3 nitrogen and oxygen atoms in total. The van der Waals surface area contributed by atoms with Crippen molar-refractivity contribution in [3.8, 4) is 0 Å². The number of rotatable bonds is 8. The molecule has 1 aliphatic heterocycles. The number of hydrogen-bond acceptors (Lipinski definition) is 3. The summed E-state index contributed by atoms with van der Waals surface area (Å²) in [5.74, 6) is -0.256. The molecule has 0 bridgehead atoms. The topological polar surface area (TPSA) is 27.7 Å². The van der Waals surface area contributed by atoms with Crippen molar-refractivity contribution in [1.82, 2.24) is 0 Å². The Morgan fingerprint density at radius 1 is 0.875 bits per heavy atom.